The van der Waals surface area contributed by atoms with E-state index in [1.54, 1.807) is 27.7 Å². The van der Waals surface area contributed by atoms with Crippen molar-refractivity contribution >= 4 is 56.5 Å². The van der Waals surface area contributed by atoms with Gasteiger partial charge in [-0.3, -0.25) is 5.32 Å². The van der Waals surface area contributed by atoms with Crippen LogP contribution in [0, 0.1) is 9.81 Å². The van der Waals surface area contributed by atoms with Crippen molar-refractivity contribution in [3.05, 3.63) is 14.3 Å². The minimum Gasteiger partial charge on any atom is -0.464 e. The third-order valence-electron chi connectivity index (χ3n) is 2.61. The van der Waals surface area contributed by atoms with Crippen LogP contribution in [-0.4, -0.2) is 34.4 Å². The van der Waals surface area contributed by atoms with Crippen molar-refractivity contribution in [2.75, 3.05) is 12.4 Å². The van der Waals surface area contributed by atoms with E-state index in [1.807, 2.05) is 22.6 Å². The largest absolute Gasteiger partial charge is 0.464 e. The molecule has 0 aliphatic heterocycles. The minimum atomic E-state index is -0.592. The summed E-state index contributed by atoms with van der Waals surface area (Å²) in [6.45, 7) is 7.11. The summed E-state index contributed by atoms with van der Waals surface area (Å²) in [5, 5.41) is 7.00. The normalized spacial score (nSPS) is 11.5. The van der Waals surface area contributed by atoms with Crippen LogP contribution in [-0.2, 0) is 9.47 Å². The Balaban J connectivity index is 2.41. The summed E-state index contributed by atoms with van der Waals surface area (Å²) in [5.41, 5.74) is 0.889. The number of aryl methyl sites for hydroxylation is 1. The van der Waals surface area contributed by atoms with Crippen LogP contribution in [0.1, 0.15) is 37.0 Å². The van der Waals surface area contributed by atoms with Crippen molar-refractivity contribution in [2.45, 2.75) is 33.3 Å². The monoisotopic (exact) mass is 437 g/mol. The van der Waals surface area contributed by atoms with Gasteiger partial charge >= 0.3 is 12.1 Å². The molecule has 0 aliphatic rings. The first-order valence-electron chi connectivity index (χ1n) is 6.40. The molecular formula is C13H16IN3O4S. The van der Waals surface area contributed by atoms with Crippen molar-refractivity contribution < 1.29 is 19.1 Å². The summed E-state index contributed by atoms with van der Waals surface area (Å²) in [6, 6.07) is 0. The number of hydrogen-bond acceptors (Lipinski definition) is 6. The summed E-state index contributed by atoms with van der Waals surface area (Å²) in [6.07, 6.45) is -0.562. The molecule has 0 radical (unpaired) electrons. The van der Waals surface area contributed by atoms with Crippen molar-refractivity contribution in [3.63, 3.8) is 0 Å². The van der Waals surface area contributed by atoms with E-state index >= 15 is 0 Å². The van der Waals surface area contributed by atoms with Crippen molar-refractivity contribution in [1.29, 1.82) is 0 Å². The second-order valence-corrected chi connectivity index (χ2v) is 8.33. The molecule has 0 aromatic carbocycles. The van der Waals surface area contributed by atoms with Gasteiger partial charge in [-0.05, 0) is 50.3 Å². The van der Waals surface area contributed by atoms with E-state index < -0.39 is 17.7 Å². The van der Waals surface area contributed by atoms with E-state index in [4.69, 9.17) is 9.47 Å². The van der Waals surface area contributed by atoms with Gasteiger partial charge in [-0.2, -0.15) is 5.10 Å². The van der Waals surface area contributed by atoms with Crippen LogP contribution in [0.5, 0.6) is 0 Å². The molecular weight excluding hydrogens is 421 g/mol. The number of rotatable bonds is 2. The average Bonchev–Trinajstić information content (AvgIpc) is 2.82. The van der Waals surface area contributed by atoms with Gasteiger partial charge in [-0.15, -0.1) is 11.3 Å². The fourth-order valence-electron chi connectivity index (χ4n) is 1.78. The number of esters is 1. The Kier molecular flexibility index (Phi) is 4.66. The number of anilines is 1. The lowest BCUT2D eigenvalue weighted by molar-refractivity contribution is 0.0588. The molecule has 0 unspecified atom stereocenters. The lowest BCUT2D eigenvalue weighted by Gasteiger charge is -2.19. The number of carbonyl (C=O) groups excluding carboxylic acids is 2. The second kappa shape index (κ2) is 6.03. The van der Waals surface area contributed by atoms with Gasteiger partial charge < -0.3 is 9.47 Å². The Hall–Kier alpha value is -1.36. The lowest BCUT2D eigenvalue weighted by atomic mass is 10.2. The predicted octanol–water partition coefficient (Wildman–Crippen LogP) is 3.44. The Morgan fingerprint density at radius 2 is 2.00 bits per heavy atom. The number of ether oxygens (including phenoxy) is 2. The number of hydrogen-bond donors (Lipinski definition) is 1. The smallest absolute Gasteiger partial charge is 0.412 e. The highest BCUT2D eigenvalue weighted by molar-refractivity contribution is 14.1. The Labute approximate surface area is 145 Å². The van der Waals surface area contributed by atoms with E-state index in [-0.39, 0.29) is 0 Å². The first-order chi connectivity index (χ1) is 10.1. The molecule has 0 saturated carbocycles. The van der Waals surface area contributed by atoms with Gasteiger partial charge in [0.25, 0.3) is 0 Å². The number of amides is 1. The molecule has 0 atom stereocenters. The Morgan fingerprint density at radius 3 is 2.55 bits per heavy atom. The Bertz CT molecular complexity index is 745. The number of aromatic nitrogens is 2. The van der Waals surface area contributed by atoms with Crippen LogP contribution >= 0.6 is 33.9 Å². The summed E-state index contributed by atoms with van der Waals surface area (Å²) in [5.74, 6) is -0.470. The number of thiazole rings is 1. The van der Waals surface area contributed by atoms with E-state index in [2.05, 4.69) is 10.4 Å². The molecule has 22 heavy (non-hydrogen) atoms. The van der Waals surface area contributed by atoms with E-state index in [9.17, 15) is 9.59 Å². The molecule has 1 N–H and O–H groups in total. The van der Waals surface area contributed by atoms with Gasteiger partial charge in [0.1, 0.15) is 19.0 Å². The predicted molar refractivity (Wildman–Crippen MR) is 91.7 cm³/mol. The maximum atomic E-state index is 11.9. The quantitative estimate of drug-likeness (QED) is 0.575. The van der Waals surface area contributed by atoms with Crippen molar-refractivity contribution in [1.82, 2.24) is 9.61 Å². The number of nitrogens with one attached hydrogen (secondary N) is 1. The molecule has 0 saturated heterocycles. The molecule has 0 aliphatic carbocycles. The summed E-state index contributed by atoms with van der Waals surface area (Å²) in [7, 11) is 1.32. The molecule has 0 fully saturated rings. The van der Waals surface area contributed by atoms with Crippen LogP contribution in [0.15, 0.2) is 0 Å². The van der Waals surface area contributed by atoms with Crippen LogP contribution in [0.3, 0.4) is 0 Å². The fraction of sp³-hybridized carbons (Fsp3) is 0.462. The molecule has 0 bridgehead atoms. The van der Waals surface area contributed by atoms with Crippen molar-refractivity contribution in [2.24, 2.45) is 0 Å². The number of methoxy groups -OCH3 is 1. The van der Waals surface area contributed by atoms with E-state index in [1.165, 1.54) is 23.0 Å². The number of carbonyl (C=O) groups is 2. The summed E-state index contributed by atoms with van der Waals surface area (Å²) in [4.78, 5) is 24.5. The van der Waals surface area contributed by atoms with Gasteiger partial charge in [0.15, 0.2) is 5.69 Å². The zero-order valence-electron chi connectivity index (χ0n) is 12.8. The number of fused-ring (bicyclic) bond motifs is 1. The third-order valence-corrected chi connectivity index (χ3v) is 4.72. The number of halogens is 1. The van der Waals surface area contributed by atoms with E-state index in [0.717, 1.165) is 2.88 Å². The summed E-state index contributed by atoms with van der Waals surface area (Å²) >= 11 is 3.39. The third kappa shape index (κ3) is 3.35. The van der Waals surface area contributed by atoms with Crippen LogP contribution in [0.4, 0.5) is 10.5 Å². The first kappa shape index (κ1) is 17.0. The van der Waals surface area contributed by atoms with Crippen LogP contribution < -0.4 is 5.32 Å². The zero-order valence-corrected chi connectivity index (χ0v) is 15.8. The van der Waals surface area contributed by atoms with Gasteiger partial charge in [0, 0.05) is 0 Å². The SMILES string of the molecule is COC(=O)c1c(I)sc2c(NC(=O)OC(C)(C)C)c(C)nn12. The van der Waals surface area contributed by atoms with Crippen LogP contribution in [0.2, 0.25) is 0 Å². The fourth-order valence-corrected chi connectivity index (χ4v) is 3.81. The lowest BCUT2D eigenvalue weighted by Crippen LogP contribution is -2.27. The van der Waals surface area contributed by atoms with Crippen LogP contribution in [0.25, 0.3) is 4.83 Å². The maximum Gasteiger partial charge on any atom is 0.412 e. The summed E-state index contributed by atoms with van der Waals surface area (Å²) < 4.78 is 12.2. The topological polar surface area (TPSA) is 81.9 Å². The van der Waals surface area contributed by atoms with Crippen molar-refractivity contribution in [3.8, 4) is 0 Å². The number of nitrogens with zero attached hydrogens (tertiary/aromatic N) is 2. The second-order valence-electron chi connectivity index (χ2n) is 5.52. The minimum absolute atomic E-state index is 0.350. The van der Waals surface area contributed by atoms with Gasteiger partial charge in [0.05, 0.1) is 12.8 Å². The molecule has 120 valence electrons. The maximum absolute atomic E-state index is 11.9. The first-order valence-corrected chi connectivity index (χ1v) is 8.29. The molecule has 2 rings (SSSR count). The molecule has 1 amide bonds. The highest BCUT2D eigenvalue weighted by Crippen LogP contribution is 2.33. The van der Waals surface area contributed by atoms with Gasteiger partial charge in [-0.1, -0.05) is 0 Å². The molecule has 9 heteroatoms. The zero-order chi connectivity index (χ0) is 16.7. The molecule has 0 spiro atoms. The molecule has 2 aromatic rings. The van der Waals surface area contributed by atoms with E-state index in [0.29, 0.717) is 21.9 Å². The molecule has 7 nitrogen and oxygen atoms in total. The molecule has 2 aromatic heterocycles. The highest BCUT2D eigenvalue weighted by Gasteiger charge is 2.25. The Morgan fingerprint density at radius 1 is 1.36 bits per heavy atom. The van der Waals surface area contributed by atoms with Gasteiger partial charge in [-0.25, -0.2) is 14.1 Å². The highest BCUT2D eigenvalue weighted by atomic mass is 127. The average molecular weight is 437 g/mol. The molecule has 2 heterocycles. The standard InChI is InChI=1S/C13H16IN3O4S/c1-6-7(15-12(19)21-13(2,3)4)10-17(16-6)8(9(14)22-10)11(18)20-5/h1-5H3,(H,15,19). The van der Waals surface area contributed by atoms with Gasteiger partial charge in [0.2, 0.25) is 0 Å².